The highest BCUT2D eigenvalue weighted by Gasteiger charge is 2.35. The standard InChI is InChI=1S/C17H16F3N7O3/c18-17(19,20)15-22-14(23-24-15)12-3-1-11(2-4-12)9-25-5-6-26-10-13(27(28)29)21-16(26)30-8-7-25/h1-4,10H,5-9H2,(H,22,23,24). The molecular formula is C17H16F3N7O3. The van der Waals surface area contributed by atoms with Crippen molar-refractivity contribution in [2.24, 2.45) is 0 Å². The second-order valence-corrected chi connectivity index (χ2v) is 6.66. The number of aromatic nitrogens is 5. The van der Waals surface area contributed by atoms with E-state index in [1.54, 1.807) is 28.8 Å². The summed E-state index contributed by atoms with van der Waals surface area (Å²) < 4.78 is 45.1. The topological polar surface area (TPSA) is 115 Å². The smallest absolute Gasteiger partial charge is 0.444 e. The van der Waals surface area contributed by atoms with Crippen LogP contribution in [0.4, 0.5) is 19.0 Å². The lowest BCUT2D eigenvalue weighted by atomic mass is 10.1. The molecule has 0 saturated heterocycles. The molecule has 1 aliphatic rings. The van der Waals surface area contributed by atoms with Crippen LogP contribution in [0, 0.1) is 10.1 Å². The molecule has 0 unspecified atom stereocenters. The van der Waals surface area contributed by atoms with Crippen molar-refractivity contribution >= 4 is 5.82 Å². The van der Waals surface area contributed by atoms with Gasteiger partial charge in [-0.15, -0.1) is 0 Å². The third-order valence-electron chi connectivity index (χ3n) is 4.58. The number of halogens is 3. The number of alkyl halides is 3. The van der Waals surface area contributed by atoms with Crippen molar-refractivity contribution in [2.75, 3.05) is 19.7 Å². The minimum atomic E-state index is -4.58. The van der Waals surface area contributed by atoms with Gasteiger partial charge in [0.25, 0.3) is 0 Å². The number of hydrogen-bond acceptors (Lipinski definition) is 7. The molecule has 0 bridgehead atoms. The zero-order chi connectivity index (χ0) is 21.3. The summed E-state index contributed by atoms with van der Waals surface area (Å²) in [7, 11) is 0. The number of ether oxygens (including phenoxy) is 1. The van der Waals surface area contributed by atoms with Gasteiger partial charge in [0.15, 0.2) is 5.82 Å². The fourth-order valence-corrected chi connectivity index (χ4v) is 3.07. The maximum atomic E-state index is 12.6. The number of imidazole rings is 1. The molecule has 0 spiro atoms. The van der Waals surface area contributed by atoms with Gasteiger partial charge in [-0.2, -0.15) is 18.3 Å². The monoisotopic (exact) mass is 423 g/mol. The van der Waals surface area contributed by atoms with E-state index >= 15 is 0 Å². The van der Waals surface area contributed by atoms with Gasteiger partial charge in [-0.3, -0.25) is 14.6 Å². The molecule has 0 aliphatic carbocycles. The van der Waals surface area contributed by atoms with Crippen LogP contribution >= 0.6 is 0 Å². The van der Waals surface area contributed by atoms with Gasteiger partial charge < -0.3 is 14.9 Å². The first-order chi connectivity index (χ1) is 14.3. The molecule has 1 N–H and O–H groups in total. The Kier molecular flexibility index (Phi) is 5.11. The molecule has 3 heterocycles. The predicted molar refractivity (Wildman–Crippen MR) is 96.5 cm³/mol. The van der Waals surface area contributed by atoms with Crippen LogP contribution in [-0.4, -0.2) is 54.3 Å². The molecule has 0 amide bonds. The largest absolute Gasteiger partial charge is 0.451 e. The van der Waals surface area contributed by atoms with Crippen LogP contribution in [0.2, 0.25) is 0 Å². The summed E-state index contributed by atoms with van der Waals surface area (Å²) in [5, 5.41) is 16.4. The SMILES string of the molecule is O=[N+]([O-])c1cn2c(n1)OCCN(Cc1ccc(-c3n[nH]c(C(F)(F)F)n3)cc1)CC2. The number of aromatic amines is 1. The highest BCUT2D eigenvalue weighted by atomic mass is 19.4. The Labute approximate surface area is 167 Å². The zero-order valence-electron chi connectivity index (χ0n) is 15.5. The lowest BCUT2D eigenvalue weighted by Crippen LogP contribution is -2.33. The summed E-state index contributed by atoms with van der Waals surface area (Å²) in [6.07, 6.45) is -3.23. The molecule has 13 heteroatoms. The Morgan fingerprint density at radius 2 is 1.93 bits per heavy atom. The number of nitrogens with one attached hydrogen (secondary N) is 1. The van der Waals surface area contributed by atoms with E-state index in [1.165, 1.54) is 6.20 Å². The van der Waals surface area contributed by atoms with Crippen molar-refractivity contribution in [3.8, 4) is 17.4 Å². The van der Waals surface area contributed by atoms with Crippen LogP contribution in [0.25, 0.3) is 11.4 Å². The van der Waals surface area contributed by atoms with Crippen molar-refractivity contribution in [3.05, 3.63) is 52.0 Å². The fourth-order valence-electron chi connectivity index (χ4n) is 3.07. The van der Waals surface area contributed by atoms with Gasteiger partial charge in [-0.05, 0) is 10.5 Å². The van der Waals surface area contributed by atoms with Crippen LogP contribution in [-0.2, 0) is 19.3 Å². The lowest BCUT2D eigenvalue weighted by molar-refractivity contribution is -0.389. The van der Waals surface area contributed by atoms with Gasteiger partial charge in [0.05, 0.1) is 0 Å². The number of nitro groups is 1. The number of fused-ring (bicyclic) bond motifs is 1. The molecule has 1 aliphatic heterocycles. The molecule has 2 aromatic heterocycles. The van der Waals surface area contributed by atoms with Crippen LogP contribution in [0.15, 0.2) is 30.5 Å². The van der Waals surface area contributed by atoms with Gasteiger partial charge in [-0.25, -0.2) is 4.98 Å². The van der Waals surface area contributed by atoms with E-state index in [-0.39, 0.29) is 17.7 Å². The van der Waals surface area contributed by atoms with Gasteiger partial charge >= 0.3 is 18.0 Å². The molecule has 30 heavy (non-hydrogen) atoms. The minimum Gasteiger partial charge on any atom is -0.444 e. The van der Waals surface area contributed by atoms with Gasteiger partial charge in [0.1, 0.15) is 12.8 Å². The summed E-state index contributed by atoms with van der Waals surface area (Å²) in [4.78, 5) is 19.8. The number of nitrogens with zero attached hydrogens (tertiary/aromatic N) is 6. The molecule has 3 aromatic rings. The Hall–Kier alpha value is -3.48. The van der Waals surface area contributed by atoms with Gasteiger partial charge in [0, 0.05) is 36.7 Å². The maximum absolute atomic E-state index is 12.6. The average molecular weight is 423 g/mol. The first kappa shape index (κ1) is 19.8. The predicted octanol–water partition coefficient (Wildman–Crippen LogP) is 2.49. The van der Waals surface area contributed by atoms with E-state index in [1.807, 2.05) is 5.10 Å². The van der Waals surface area contributed by atoms with Crippen molar-refractivity contribution in [3.63, 3.8) is 0 Å². The second-order valence-electron chi connectivity index (χ2n) is 6.66. The van der Waals surface area contributed by atoms with Crippen LogP contribution in [0.5, 0.6) is 6.01 Å². The summed E-state index contributed by atoms with van der Waals surface area (Å²) >= 11 is 0. The van der Waals surface area contributed by atoms with Gasteiger partial charge in [-0.1, -0.05) is 24.3 Å². The Morgan fingerprint density at radius 3 is 2.60 bits per heavy atom. The number of benzene rings is 1. The Balaban J connectivity index is 1.41. The van der Waals surface area contributed by atoms with Crippen LogP contribution in [0.3, 0.4) is 0 Å². The molecule has 0 fully saturated rings. The van der Waals surface area contributed by atoms with Crippen LogP contribution in [0.1, 0.15) is 11.4 Å². The van der Waals surface area contributed by atoms with E-state index in [2.05, 4.69) is 20.0 Å². The molecule has 158 valence electrons. The van der Waals surface area contributed by atoms with Crippen LogP contribution < -0.4 is 4.74 Å². The summed E-state index contributed by atoms with van der Waals surface area (Å²) in [6, 6.07) is 7.15. The maximum Gasteiger partial charge on any atom is 0.451 e. The summed E-state index contributed by atoms with van der Waals surface area (Å²) in [5.74, 6) is -1.42. The average Bonchev–Trinajstić information content (AvgIpc) is 3.32. The Morgan fingerprint density at radius 1 is 1.17 bits per heavy atom. The lowest BCUT2D eigenvalue weighted by Gasteiger charge is -2.24. The van der Waals surface area contributed by atoms with E-state index in [0.717, 1.165) is 5.56 Å². The van der Waals surface area contributed by atoms with E-state index in [4.69, 9.17) is 4.74 Å². The minimum absolute atomic E-state index is 0.0252. The number of rotatable bonds is 4. The third-order valence-corrected chi connectivity index (χ3v) is 4.58. The van der Waals surface area contributed by atoms with E-state index in [0.29, 0.717) is 38.3 Å². The second kappa shape index (κ2) is 7.74. The highest BCUT2D eigenvalue weighted by molar-refractivity contribution is 5.55. The van der Waals surface area contributed by atoms with Crippen molar-refractivity contribution in [1.82, 2.24) is 29.6 Å². The van der Waals surface area contributed by atoms with E-state index < -0.39 is 16.9 Å². The molecule has 4 rings (SSSR count). The fraction of sp³-hybridized carbons (Fsp3) is 0.353. The number of hydrogen-bond donors (Lipinski definition) is 1. The molecule has 0 saturated carbocycles. The quantitative estimate of drug-likeness (QED) is 0.506. The third kappa shape index (κ3) is 4.25. The van der Waals surface area contributed by atoms with Crippen molar-refractivity contribution in [2.45, 2.75) is 19.3 Å². The zero-order valence-corrected chi connectivity index (χ0v) is 15.5. The molecule has 1 aromatic carbocycles. The van der Waals surface area contributed by atoms with E-state index in [9.17, 15) is 23.3 Å². The first-order valence-corrected chi connectivity index (χ1v) is 8.95. The Bertz CT molecular complexity index is 1050. The molecule has 10 nitrogen and oxygen atoms in total. The van der Waals surface area contributed by atoms with Crippen molar-refractivity contribution in [1.29, 1.82) is 0 Å². The van der Waals surface area contributed by atoms with Crippen molar-refractivity contribution < 1.29 is 22.8 Å². The molecule has 0 atom stereocenters. The molecular weight excluding hydrogens is 407 g/mol. The van der Waals surface area contributed by atoms with Gasteiger partial charge in [0.2, 0.25) is 5.82 Å². The normalized spacial score (nSPS) is 15.2. The highest BCUT2D eigenvalue weighted by Crippen LogP contribution is 2.27. The number of H-pyrrole nitrogens is 1. The summed E-state index contributed by atoms with van der Waals surface area (Å²) in [6.45, 7) is 2.60. The molecule has 0 radical (unpaired) electrons. The summed E-state index contributed by atoms with van der Waals surface area (Å²) in [5.41, 5.74) is 1.42. The first-order valence-electron chi connectivity index (χ1n) is 8.95.